The molecule has 118 valence electrons. The number of nitrogens with zero attached hydrogens (tertiary/aromatic N) is 1. The Labute approximate surface area is 134 Å². The number of rotatable bonds is 8. The Morgan fingerprint density at radius 1 is 1.33 bits per heavy atom. The molecule has 1 unspecified atom stereocenters. The van der Waals surface area contributed by atoms with Crippen LogP contribution in [-0.2, 0) is 11.3 Å². The van der Waals surface area contributed by atoms with Crippen molar-refractivity contribution in [2.24, 2.45) is 0 Å². The van der Waals surface area contributed by atoms with E-state index in [4.69, 9.17) is 14.6 Å². The van der Waals surface area contributed by atoms with Crippen LogP contribution in [0.5, 0.6) is 11.5 Å². The first-order valence-corrected chi connectivity index (χ1v) is 7.58. The molecule has 0 radical (unpaired) electrons. The van der Waals surface area contributed by atoms with Crippen LogP contribution in [0.15, 0.2) is 16.6 Å². The van der Waals surface area contributed by atoms with Crippen LogP contribution in [-0.4, -0.2) is 42.8 Å². The van der Waals surface area contributed by atoms with Crippen LogP contribution >= 0.6 is 15.9 Å². The number of carboxylic acids is 1. The minimum absolute atomic E-state index is 0.0492. The first-order chi connectivity index (χ1) is 9.92. The molecule has 1 atom stereocenters. The van der Waals surface area contributed by atoms with Crippen molar-refractivity contribution in [3.8, 4) is 11.5 Å². The van der Waals surface area contributed by atoms with Gasteiger partial charge in [0.25, 0.3) is 0 Å². The Balaban J connectivity index is 3.00. The maximum absolute atomic E-state index is 10.9. The van der Waals surface area contributed by atoms with Crippen molar-refractivity contribution in [2.45, 2.75) is 32.9 Å². The fourth-order valence-electron chi connectivity index (χ4n) is 2.23. The first-order valence-electron chi connectivity index (χ1n) is 6.79. The molecule has 0 spiro atoms. The van der Waals surface area contributed by atoms with Crippen molar-refractivity contribution in [1.29, 1.82) is 0 Å². The molecule has 0 fully saturated rings. The molecular formula is C15H22BrNO4. The van der Waals surface area contributed by atoms with Crippen molar-refractivity contribution < 1.29 is 19.4 Å². The number of aliphatic carboxylic acids is 1. The van der Waals surface area contributed by atoms with Crippen LogP contribution in [0.4, 0.5) is 0 Å². The van der Waals surface area contributed by atoms with Crippen molar-refractivity contribution in [3.05, 3.63) is 22.2 Å². The van der Waals surface area contributed by atoms with E-state index in [1.54, 1.807) is 14.2 Å². The van der Waals surface area contributed by atoms with Gasteiger partial charge in [-0.05, 0) is 41.5 Å². The summed E-state index contributed by atoms with van der Waals surface area (Å²) >= 11 is 3.43. The third-order valence-electron chi connectivity index (χ3n) is 3.43. The van der Waals surface area contributed by atoms with Gasteiger partial charge in [-0.3, -0.25) is 9.69 Å². The predicted octanol–water partition coefficient (Wildman–Crippen LogP) is 3.15. The molecule has 0 saturated carbocycles. The molecule has 0 aliphatic rings. The smallest absolute Gasteiger partial charge is 0.304 e. The van der Waals surface area contributed by atoms with Gasteiger partial charge in [0.1, 0.15) is 11.5 Å². The average Bonchev–Trinajstić information content (AvgIpc) is 2.44. The summed E-state index contributed by atoms with van der Waals surface area (Å²) in [5.74, 6) is 0.692. The number of benzene rings is 1. The lowest BCUT2D eigenvalue weighted by Gasteiger charge is -2.27. The Morgan fingerprint density at radius 2 is 1.95 bits per heavy atom. The predicted molar refractivity (Wildman–Crippen MR) is 85.0 cm³/mol. The van der Waals surface area contributed by atoms with E-state index in [9.17, 15) is 4.79 Å². The van der Waals surface area contributed by atoms with E-state index < -0.39 is 5.97 Å². The maximum atomic E-state index is 10.9. The second-order valence-corrected chi connectivity index (χ2v) is 5.66. The summed E-state index contributed by atoms with van der Waals surface area (Å²) in [6.45, 7) is 5.30. The van der Waals surface area contributed by atoms with E-state index >= 15 is 0 Å². The highest BCUT2D eigenvalue weighted by Crippen LogP contribution is 2.33. The minimum Gasteiger partial charge on any atom is -0.496 e. The number of hydrogen-bond donors (Lipinski definition) is 1. The Hall–Kier alpha value is -1.27. The molecule has 1 rings (SSSR count). The summed E-state index contributed by atoms with van der Waals surface area (Å²) < 4.78 is 11.5. The molecule has 1 aromatic rings. The highest BCUT2D eigenvalue weighted by atomic mass is 79.9. The molecule has 0 heterocycles. The normalized spacial score (nSPS) is 12.3. The molecule has 1 N–H and O–H groups in total. The lowest BCUT2D eigenvalue weighted by atomic mass is 10.1. The van der Waals surface area contributed by atoms with Crippen molar-refractivity contribution in [2.75, 3.05) is 20.8 Å². The summed E-state index contributed by atoms with van der Waals surface area (Å²) in [6, 6.07) is 3.73. The van der Waals surface area contributed by atoms with Crippen LogP contribution < -0.4 is 9.47 Å². The molecule has 0 aliphatic carbocycles. The second-order valence-electron chi connectivity index (χ2n) is 4.81. The number of halogens is 1. The van der Waals surface area contributed by atoms with Gasteiger partial charge in [0.05, 0.1) is 25.1 Å². The Kier molecular flexibility index (Phi) is 6.98. The quantitative estimate of drug-likeness (QED) is 0.772. The average molecular weight is 360 g/mol. The molecule has 5 nitrogen and oxygen atoms in total. The van der Waals surface area contributed by atoms with E-state index in [2.05, 4.69) is 20.8 Å². The minimum atomic E-state index is -0.790. The zero-order chi connectivity index (χ0) is 16.0. The van der Waals surface area contributed by atoms with Crippen LogP contribution in [0, 0.1) is 0 Å². The first kappa shape index (κ1) is 17.8. The zero-order valence-electron chi connectivity index (χ0n) is 12.9. The molecule has 21 heavy (non-hydrogen) atoms. The van der Waals surface area contributed by atoms with Crippen LogP contribution in [0.25, 0.3) is 0 Å². The number of methoxy groups -OCH3 is 2. The lowest BCUT2D eigenvalue weighted by Crippen LogP contribution is -2.34. The fraction of sp³-hybridized carbons (Fsp3) is 0.533. The second kappa shape index (κ2) is 8.24. The summed E-state index contributed by atoms with van der Waals surface area (Å²) in [5, 5.41) is 8.94. The molecule has 1 aromatic carbocycles. The number of carboxylic acid groups (broad SMARTS) is 1. The van der Waals surface area contributed by atoms with Gasteiger partial charge in [0, 0.05) is 18.2 Å². The SMILES string of the molecule is CCN(Cc1cc(OC)c(Br)cc1OC)C(C)CC(=O)O. The van der Waals surface area contributed by atoms with Gasteiger partial charge in [0.2, 0.25) is 0 Å². The molecule has 0 saturated heterocycles. The van der Waals surface area contributed by atoms with E-state index in [1.807, 2.05) is 26.0 Å². The lowest BCUT2D eigenvalue weighted by molar-refractivity contribution is -0.138. The van der Waals surface area contributed by atoms with Gasteiger partial charge in [-0.1, -0.05) is 6.92 Å². The van der Waals surface area contributed by atoms with Gasteiger partial charge < -0.3 is 14.6 Å². The number of ether oxygens (including phenoxy) is 2. The topological polar surface area (TPSA) is 59.0 Å². The van der Waals surface area contributed by atoms with Gasteiger partial charge in [-0.2, -0.15) is 0 Å². The van der Waals surface area contributed by atoms with Gasteiger partial charge >= 0.3 is 5.97 Å². The van der Waals surface area contributed by atoms with Crippen LogP contribution in [0.3, 0.4) is 0 Å². The summed E-state index contributed by atoms with van der Waals surface area (Å²) in [4.78, 5) is 13.0. The van der Waals surface area contributed by atoms with E-state index in [0.29, 0.717) is 6.54 Å². The third-order valence-corrected chi connectivity index (χ3v) is 4.05. The summed E-state index contributed by atoms with van der Waals surface area (Å²) in [7, 11) is 3.23. The largest absolute Gasteiger partial charge is 0.496 e. The summed E-state index contributed by atoms with van der Waals surface area (Å²) in [5.41, 5.74) is 0.969. The standard InChI is InChI=1S/C15H22BrNO4/c1-5-17(10(2)6-15(18)19)9-11-7-14(21-4)12(16)8-13(11)20-3/h7-8,10H,5-6,9H2,1-4H3,(H,18,19). The highest BCUT2D eigenvalue weighted by Gasteiger charge is 2.18. The number of carbonyl (C=O) groups is 1. The van der Waals surface area contributed by atoms with Crippen molar-refractivity contribution in [3.63, 3.8) is 0 Å². The molecule has 0 aliphatic heterocycles. The Morgan fingerprint density at radius 3 is 2.43 bits per heavy atom. The van der Waals surface area contributed by atoms with Crippen molar-refractivity contribution in [1.82, 2.24) is 4.90 Å². The Bertz CT molecular complexity index is 493. The molecule has 0 amide bonds. The van der Waals surface area contributed by atoms with E-state index in [0.717, 1.165) is 28.1 Å². The highest BCUT2D eigenvalue weighted by molar-refractivity contribution is 9.10. The molecular weight excluding hydrogens is 338 g/mol. The van der Waals surface area contributed by atoms with Gasteiger partial charge in [0.15, 0.2) is 0 Å². The molecule has 0 bridgehead atoms. The molecule has 6 heteroatoms. The van der Waals surface area contributed by atoms with Crippen molar-refractivity contribution >= 4 is 21.9 Å². The maximum Gasteiger partial charge on any atom is 0.304 e. The van der Waals surface area contributed by atoms with E-state index in [-0.39, 0.29) is 12.5 Å². The van der Waals surface area contributed by atoms with Gasteiger partial charge in [-0.15, -0.1) is 0 Å². The van der Waals surface area contributed by atoms with E-state index in [1.165, 1.54) is 0 Å². The number of hydrogen-bond acceptors (Lipinski definition) is 4. The fourth-order valence-corrected chi connectivity index (χ4v) is 2.71. The van der Waals surface area contributed by atoms with Crippen LogP contribution in [0.2, 0.25) is 0 Å². The monoisotopic (exact) mass is 359 g/mol. The summed E-state index contributed by atoms with van der Waals surface area (Å²) in [6.07, 6.45) is 0.115. The van der Waals surface area contributed by atoms with Gasteiger partial charge in [-0.25, -0.2) is 0 Å². The zero-order valence-corrected chi connectivity index (χ0v) is 14.4. The van der Waals surface area contributed by atoms with Crippen LogP contribution in [0.1, 0.15) is 25.8 Å². The third kappa shape index (κ3) is 4.89. The molecule has 0 aromatic heterocycles.